The molecule has 0 fully saturated rings. The SMILES string of the molecule is CC1=C(c2cc(-c3cccc(-c4ccc5c(c4)C4(c6ccccc6-5)c5cc(C(C)(C)C)ccc5-c5ccc(C(C)(C)C)cc54)c3)cc(-c3nc4ccccc4o3)c2)Oc2ccccc2CC1. The summed E-state index contributed by atoms with van der Waals surface area (Å²) in [4.78, 5) is 4.97. The Hall–Kier alpha value is -7.23. The molecule has 0 bridgehead atoms. The highest BCUT2D eigenvalue weighted by molar-refractivity contribution is 5.96. The van der Waals surface area contributed by atoms with Crippen molar-refractivity contribution in [3.63, 3.8) is 0 Å². The van der Waals surface area contributed by atoms with Crippen LogP contribution in [0.4, 0.5) is 0 Å². The van der Waals surface area contributed by atoms with Crippen molar-refractivity contribution in [2.75, 3.05) is 0 Å². The van der Waals surface area contributed by atoms with Crippen LogP contribution in [0.15, 0.2) is 180 Å². The first-order valence-electron chi connectivity index (χ1n) is 23.5. The van der Waals surface area contributed by atoms with Gasteiger partial charge < -0.3 is 9.15 Å². The van der Waals surface area contributed by atoms with Gasteiger partial charge in [-0.2, -0.15) is 0 Å². The predicted molar refractivity (Wildman–Crippen MR) is 272 cm³/mol. The summed E-state index contributed by atoms with van der Waals surface area (Å²) in [6, 6.07) is 63.0. The van der Waals surface area contributed by atoms with Gasteiger partial charge >= 0.3 is 0 Å². The topological polar surface area (TPSA) is 35.3 Å². The standard InChI is InChI=1S/C63H53NO2/c1-38-23-24-39-15-8-12-21-57(39)65-59(38)44-32-43(33-45(34-44)60-64-56-20-11-13-22-58(56)66-60)41-17-14-16-40(31-41)42-25-28-49-48-18-9-10-19-52(48)63(53(49)35-42)54-36-46(61(2,3)4)26-29-50(54)51-30-27-47(37-55(51)63)62(5,6)7/h8-22,25-37H,23-24H2,1-7H3. The smallest absolute Gasteiger partial charge is 0.227 e. The lowest BCUT2D eigenvalue weighted by molar-refractivity contribution is 0.509. The molecule has 8 aromatic carbocycles. The Bertz CT molecular complexity index is 3400. The van der Waals surface area contributed by atoms with Gasteiger partial charge in [0, 0.05) is 11.1 Å². The molecule has 2 heterocycles. The van der Waals surface area contributed by atoms with Crippen LogP contribution in [0.3, 0.4) is 0 Å². The molecule has 9 aromatic rings. The van der Waals surface area contributed by atoms with Crippen LogP contribution in [0.5, 0.6) is 5.75 Å². The van der Waals surface area contributed by atoms with E-state index in [0.29, 0.717) is 5.89 Å². The molecule has 1 spiro atoms. The van der Waals surface area contributed by atoms with Gasteiger partial charge in [0.25, 0.3) is 0 Å². The molecule has 1 aromatic heterocycles. The molecule has 322 valence electrons. The van der Waals surface area contributed by atoms with Crippen molar-refractivity contribution in [1.82, 2.24) is 4.98 Å². The summed E-state index contributed by atoms with van der Waals surface area (Å²) in [6.07, 6.45) is 1.85. The fourth-order valence-electron chi connectivity index (χ4n) is 11.0. The van der Waals surface area contributed by atoms with E-state index in [2.05, 4.69) is 194 Å². The Morgan fingerprint density at radius 1 is 0.455 bits per heavy atom. The first-order chi connectivity index (χ1) is 31.8. The number of nitrogens with zero attached hydrogens (tertiary/aromatic N) is 1. The van der Waals surface area contributed by atoms with E-state index in [9.17, 15) is 0 Å². The molecule has 0 saturated heterocycles. The number of fused-ring (bicyclic) bond motifs is 12. The zero-order valence-electron chi connectivity index (χ0n) is 38.8. The van der Waals surface area contributed by atoms with Crippen LogP contribution in [-0.2, 0) is 22.7 Å². The number of rotatable bonds is 4. The van der Waals surface area contributed by atoms with E-state index in [1.165, 1.54) is 72.3 Å². The lowest BCUT2D eigenvalue weighted by Crippen LogP contribution is -2.27. The number of benzene rings is 8. The molecule has 0 amide bonds. The van der Waals surface area contributed by atoms with Crippen molar-refractivity contribution in [2.45, 2.75) is 77.6 Å². The van der Waals surface area contributed by atoms with E-state index in [1.54, 1.807) is 0 Å². The summed E-state index contributed by atoms with van der Waals surface area (Å²) in [7, 11) is 0. The molecule has 12 rings (SSSR count). The van der Waals surface area contributed by atoms with E-state index in [0.717, 1.165) is 63.3 Å². The first kappa shape index (κ1) is 40.3. The van der Waals surface area contributed by atoms with Crippen molar-refractivity contribution in [3.05, 3.63) is 220 Å². The third-order valence-corrected chi connectivity index (χ3v) is 14.5. The van der Waals surface area contributed by atoms with Gasteiger partial charge in [-0.05, 0) is 168 Å². The number of hydrogen-bond donors (Lipinski definition) is 0. The molecule has 3 aliphatic rings. The maximum atomic E-state index is 6.83. The van der Waals surface area contributed by atoms with Crippen LogP contribution >= 0.6 is 0 Å². The van der Waals surface area contributed by atoms with Crippen LogP contribution in [-0.4, -0.2) is 4.98 Å². The third-order valence-electron chi connectivity index (χ3n) is 14.5. The summed E-state index contributed by atoms with van der Waals surface area (Å²) in [5, 5.41) is 0. The van der Waals surface area contributed by atoms with E-state index in [1.807, 2.05) is 24.3 Å². The summed E-state index contributed by atoms with van der Waals surface area (Å²) >= 11 is 0. The molecule has 66 heavy (non-hydrogen) atoms. The van der Waals surface area contributed by atoms with Gasteiger partial charge in [-0.25, -0.2) is 4.98 Å². The van der Waals surface area contributed by atoms with Crippen molar-refractivity contribution < 1.29 is 9.15 Å². The number of ether oxygens (including phenoxy) is 1. The maximum Gasteiger partial charge on any atom is 0.227 e. The third kappa shape index (κ3) is 6.27. The Morgan fingerprint density at radius 2 is 1.02 bits per heavy atom. The Balaban J connectivity index is 1.04. The Kier molecular flexibility index (Phi) is 8.94. The molecular weight excluding hydrogens is 803 g/mol. The van der Waals surface area contributed by atoms with Gasteiger partial charge in [-0.3, -0.25) is 0 Å². The van der Waals surface area contributed by atoms with Gasteiger partial charge in [-0.15, -0.1) is 0 Å². The van der Waals surface area contributed by atoms with Crippen LogP contribution < -0.4 is 4.74 Å². The normalized spacial score (nSPS) is 14.7. The lowest BCUT2D eigenvalue weighted by atomic mass is 9.68. The van der Waals surface area contributed by atoms with E-state index < -0.39 is 5.41 Å². The fraction of sp³-hybridized carbons (Fsp3) is 0.190. The predicted octanol–water partition coefficient (Wildman–Crippen LogP) is 16.5. The van der Waals surface area contributed by atoms with Crippen LogP contribution in [0.25, 0.3) is 72.8 Å². The monoisotopic (exact) mass is 855 g/mol. The summed E-state index contributed by atoms with van der Waals surface area (Å²) < 4.78 is 13.3. The average molecular weight is 856 g/mol. The van der Waals surface area contributed by atoms with E-state index in [4.69, 9.17) is 14.1 Å². The maximum absolute atomic E-state index is 6.83. The molecule has 0 radical (unpaired) electrons. The van der Waals surface area contributed by atoms with Crippen molar-refractivity contribution in [3.8, 4) is 61.7 Å². The summed E-state index contributed by atoms with van der Waals surface area (Å²) in [5.41, 5.74) is 23.4. The molecule has 3 nitrogen and oxygen atoms in total. The number of aryl methyl sites for hydroxylation is 1. The van der Waals surface area contributed by atoms with E-state index >= 15 is 0 Å². The molecule has 0 saturated carbocycles. The molecule has 1 aliphatic heterocycles. The molecule has 0 N–H and O–H groups in total. The highest BCUT2D eigenvalue weighted by atomic mass is 16.5. The number of aromatic nitrogens is 1. The summed E-state index contributed by atoms with van der Waals surface area (Å²) in [6.45, 7) is 16.2. The van der Waals surface area contributed by atoms with E-state index in [-0.39, 0.29) is 10.8 Å². The van der Waals surface area contributed by atoms with Gasteiger partial charge in [0.1, 0.15) is 17.0 Å². The zero-order chi connectivity index (χ0) is 45.1. The minimum absolute atomic E-state index is 0.00943. The minimum atomic E-state index is -0.474. The Labute approximate surface area is 388 Å². The number of allylic oxidation sites excluding steroid dienone is 1. The second-order valence-corrected chi connectivity index (χ2v) is 20.8. The van der Waals surface area contributed by atoms with Gasteiger partial charge in [0.2, 0.25) is 5.89 Å². The van der Waals surface area contributed by atoms with Crippen molar-refractivity contribution in [1.29, 1.82) is 0 Å². The van der Waals surface area contributed by atoms with Crippen LogP contribution in [0.2, 0.25) is 0 Å². The average Bonchev–Trinajstić information content (AvgIpc) is 3.94. The minimum Gasteiger partial charge on any atom is -0.457 e. The highest BCUT2D eigenvalue weighted by Crippen LogP contribution is 2.64. The van der Waals surface area contributed by atoms with Crippen LogP contribution in [0.1, 0.15) is 99.4 Å². The second-order valence-electron chi connectivity index (χ2n) is 20.8. The molecule has 2 aliphatic carbocycles. The number of oxazole rings is 1. The van der Waals surface area contributed by atoms with Crippen molar-refractivity contribution >= 4 is 16.9 Å². The quantitative estimate of drug-likeness (QED) is 0.177. The second kappa shape index (κ2) is 14.6. The zero-order valence-corrected chi connectivity index (χ0v) is 38.8. The molecule has 0 atom stereocenters. The fourth-order valence-corrected chi connectivity index (χ4v) is 11.0. The van der Waals surface area contributed by atoms with Crippen molar-refractivity contribution in [2.24, 2.45) is 0 Å². The number of para-hydroxylation sites is 3. The molecule has 0 unspecified atom stereocenters. The molecular formula is C63H53NO2. The van der Waals surface area contributed by atoms with Crippen LogP contribution in [0, 0.1) is 0 Å². The lowest BCUT2D eigenvalue weighted by Gasteiger charge is -2.33. The summed E-state index contributed by atoms with van der Waals surface area (Å²) in [5.74, 6) is 2.39. The molecule has 3 heteroatoms. The first-order valence-corrected chi connectivity index (χ1v) is 23.5. The number of hydrogen-bond acceptors (Lipinski definition) is 3. The highest BCUT2D eigenvalue weighted by Gasteiger charge is 2.52. The van der Waals surface area contributed by atoms with Gasteiger partial charge in [-0.1, -0.05) is 163 Å². The largest absolute Gasteiger partial charge is 0.457 e. The van der Waals surface area contributed by atoms with Gasteiger partial charge in [0.05, 0.1) is 5.41 Å². The Morgan fingerprint density at radius 3 is 1.74 bits per heavy atom. The van der Waals surface area contributed by atoms with Gasteiger partial charge in [0.15, 0.2) is 5.58 Å².